The van der Waals surface area contributed by atoms with Crippen LogP contribution in [0, 0.1) is 29.4 Å². The molecule has 0 radical (unpaired) electrons. The first-order valence-corrected chi connectivity index (χ1v) is 25.7. The summed E-state index contributed by atoms with van der Waals surface area (Å²) in [7, 11) is -9.00. The summed E-state index contributed by atoms with van der Waals surface area (Å²) < 4.78 is 206. The number of carbonyl (C=O) groups excluding carboxylic acids is 3. The smallest absolute Gasteiger partial charge is 0.435 e. The van der Waals surface area contributed by atoms with Gasteiger partial charge >= 0.3 is 30.4 Å². The maximum Gasteiger partial charge on any atom is 0.435 e. The predicted octanol–water partition coefficient (Wildman–Crippen LogP) is 7.34. The van der Waals surface area contributed by atoms with E-state index in [-0.39, 0.29) is 31.3 Å². The number of rotatable bonds is 15. The molecular weight excluding hydrogens is 1100 g/mol. The molecule has 0 spiro atoms. The number of nitrogens with one attached hydrogen (secondary N) is 1. The van der Waals surface area contributed by atoms with Crippen LogP contribution in [0.15, 0.2) is 54.6 Å². The molecule has 2 aliphatic rings. The third-order valence-electron chi connectivity index (χ3n) is 11.7. The van der Waals surface area contributed by atoms with Crippen LogP contribution < -0.4 is 9.62 Å². The van der Waals surface area contributed by atoms with Gasteiger partial charge in [0.2, 0.25) is 22.7 Å². The first-order chi connectivity index (χ1) is 35.0. The number of amides is 2. The Morgan fingerprint density at radius 2 is 1.59 bits per heavy atom. The number of ether oxygens (including phenoxy) is 2. The highest BCUT2D eigenvalue weighted by molar-refractivity contribution is 7.93. The van der Waals surface area contributed by atoms with Gasteiger partial charge in [-0.3, -0.25) is 14.2 Å². The quantitative estimate of drug-likeness (QED) is 0.0343. The van der Waals surface area contributed by atoms with Crippen molar-refractivity contribution in [2.24, 2.45) is 5.92 Å². The second kappa shape index (κ2) is 20.0. The molecule has 3 aromatic heterocycles. The Labute approximate surface area is 427 Å². The lowest BCUT2D eigenvalue weighted by molar-refractivity contribution is -0.146. The molecule has 7 rings (SSSR count). The first-order valence-electron chi connectivity index (χ1n) is 21.5. The van der Waals surface area contributed by atoms with E-state index in [2.05, 4.69) is 37.1 Å². The van der Waals surface area contributed by atoms with E-state index in [9.17, 15) is 71.1 Å². The Bertz CT molecular complexity index is 3550. The van der Waals surface area contributed by atoms with Crippen LogP contribution in [0.5, 0.6) is 0 Å². The molecule has 0 bridgehead atoms. The number of alkyl halides is 8. The van der Waals surface area contributed by atoms with E-state index in [4.69, 9.17) is 21.4 Å². The summed E-state index contributed by atoms with van der Waals surface area (Å²) in [6.45, 7) is -2.44. The van der Waals surface area contributed by atoms with Gasteiger partial charge in [-0.05, 0) is 74.4 Å². The van der Waals surface area contributed by atoms with Crippen molar-refractivity contribution in [1.29, 1.82) is 0 Å². The lowest BCUT2D eigenvalue weighted by Gasteiger charge is -2.23. The molecule has 18 nitrogen and oxygen atoms in total. The van der Waals surface area contributed by atoms with Gasteiger partial charge in [-0.15, -0.1) is 0 Å². The van der Waals surface area contributed by atoms with Gasteiger partial charge in [0.05, 0.1) is 33.9 Å². The van der Waals surface area contributed by atoms with E-state index < -0.39 is 178 Å². The third-order valence-corrected chi connectivity index (χ3v) is 15.0. The fourth-order valence-corrected chi connectivity index (χ4v) is 9.40. The maximum absolute atomic E-state index is 15.6. The van der Waals surface area contributed by atoms with Crippen molar-refractivity contribution in [2.45, 2.75) is 74.8 Å². The largest absolute Gasteiger partial charge is 0.478 e. The molecule has 1 saturated carbocycles. The zero-order chi connectivity index (χ0) is 56.4. The van der Waals surface area contributed by atoms with E-state index >= 15 is 8.78 Å². The number of nitrogens with zero attached hydrogens (tertiary/aromatic N) is 6. The van der Waals surface area contributed by atoms with Crippen LogP contribution >= 0.6 is 11.6 Å². The lowest BCUT2D eigenvalue weighted by atomic mass is 9.93. The highest BCUT2D eigenvalue weighted by Gasteiger charge is 2.68. The van der Waals surface area contributed by atoms with Crippen LogP contribution in [0.2, 0.25) is 5.02 Å². The number of fused-ring (bicyclic) bond motifs is 4. The van der Waals surface area contributed by atoms with Crippen molar-refractivity contribution < 1.29 is 94.5 Å². The molecule has 2 aliphatic carbocycles. The number of sulfonamides is 1. The number of aromatic nitrogens is 5. The molecule has 76 heavy (non-hydrogen) atoms. The van der Waals surface area contributed by atoms with Gasteiger partial charge in [0, 0.05) is 47.1 Å². The van der Waals surface area contributed by atoms with Crippen molar-refractivity contribution in [3.63, 3.8) is 0 Å². The van der Waals surface area contributed by atoms with Crippen LogP contribution in [-0.4, -0.2) is 101 Å². The average Bonchev–Trinajstić information content (AvgIpc) is 3.79. The van der Waals surface area contributed by atoms with Gasteiger partial charge in [-0.2, -0.15) is 49.6 Å². The van der Waals surface area contributed by atoms with Crippen molar-refractivity contribution >= 4 is 72.1 Å². The third kappa shape index (κ3) is 11.9. The average molecular weight is 1140 g/mol. The molecule has 0 aliphatic heterocycles. The molecule has 2 amide bonds. The minimum atomic E-state index is -5.26. The molecule has 5 aromatic rings. The SMILES string of the molecule is CC(C)(C#Cc1ccc(-c2ccc(Cl)c3c(N(C(=O)OCOC(=O)/C=C/C(=O)O)S(C)(=O)=O)nn(CC(F)(F)F)c23)c([C@H](Cc2cc(F)cc(F)c2)NC(=O)Cn2nc(C(F)(F)F)c3c2C(F)(F)C2C[C@H]32)n1)S(C)(=O)=O. The molecular formula is C45H36ClF10N7O11S2. The van der Waals surface area contributed by atoms with Crippen molar-refractivity contribution in [2.75, 3.05) is 23.6 Å². The van der Waals surface area contributed by atoms with Crippen molar-refractivity contribution in [3.8, 4) is 23.0 Å². The van der Waals surface area contributed by atoms with Crippen molar-refractivity contribution in [1.82, 2.24) is 29.9 Å². The van der Waals surface area contributed by atoms with E-state index in [0.717, 1.165) is 42.7 Å². The number of anilines is 1. The molecule has 406 valence electrons. The highest BCUT2D eigenvalue weighted by atomic mass is 35.5. The summed E-state index contributed by atoms with van der Waals surface area (Å²) in [6, 6.07) is 4.27. The number of carbonyl (C=O) groups is 4. The van der Waals surface area contributed by atoms with Crippen LogP contribution in [0.3, 0.4) is 0 Å². The van der Waals surface area contributed by atoms with Gasteiger partial charge < -0.3 is 19.9 Å². The highest BCUT2D eigenvalue weighted by Crippen LogP contribution is 2.68. The molecule has 31 heteroatoms. The summed E-state index contributed by atoms with van der Waals surface area (Å²) in [5.41, 5.74) is -6.50. The van der Waals surface area contributed by atoms with E-state index in [1.54, 1.807) is 0 Å². The van der Waals surface area contributed by atoms with E-state index in [0.29, 0.717) is 24.5 Å². The van der Waals surface area contributed by atoms with Gasteiger partial charge in [0.1, 0.15) is 40.9 Å². The van der Waals surface area contributed by atoms with Crippen molar-refractivity contribution in [3.05, 3.63) is 105 Å². The Morgan fingerprint density at radius 3 is 2.18 bits per heavy atom. The molecule has 2 N–H and O–H groups in total. The van der Waals surface area contributed by atoms with Gasteiger partial charge in [-0.1, -0.05) is 23.6 Å². The number of carboxylic acid groups (broad SMARTS) is 1. The van der Waals surface area contributed by atoms with Gasteiger partial charge in [-0.25, -0.2) is 45.0 Å². The molecule has 0 saturated heterocycles. The fourth-order valence-electron chi connectivity index (χ4n) is 8.16. The number of pyridine rings is 1. The zero-order valence-corrected chi connectivity index (χ0v) is 41.5. The molecule has 1 fully saturated rings. The van der Waals surface area contributed by atoms with E-state index in [1.807, 2.05) is 0 Å². The second-order valence-electron chi connectivity index (χ2n) is 17.7. The number of sulfone groups is 1. The summed E-state index contributed by atoms with van der Waals surface area (Å²) in [5, 5.41) is 16.9. The molecule has 3 atom stereocenters. The normalized spacial score (nSPS) is 16.6. The first kappa shape index (κ1) is 56.5. The monoisotopic (exact) mass is 1140 g/mol. The summed E-state index contributed by atoms with van der Waals surface area (Å²) in [4.78, 5) is 54.8. The molecule has 1 unspecified atom stereocenters. The number of benzene rings is 2. The lowest BCUT2D eigenvalue weighted by Crippen LogP contribution is -2.37. The summed E-state index contributed by atoms with van der Waals surface area (Å²) >= 11 is 6.57. The number of halogens is 11. The maximum atomic E-state index is 15.6. The Kier molecular flexibility index (Phi) is 14.9. The van der Waals surface area contributed by atoms with Gasteiger partial charge in [0.15, 0.2) is 21.3 Å². The zero-order valence-electron chi connectivity index (χ0n) is 39.2. The number of carboxylic acids is 1. The summed E-state index contributed by atoms with van der Waals surface area (Å²) in [6.07, 6.45) is -11.6. The van der Waals surface area contributed by atoms with Crippen LogP contribution in [0.4, 0.5) is 54.5 Å². The van der Waals surface area contributed by atoms with Crippen LogP contribution in [0.1, 0.15) is 66.1 Å². The van der Waals surface area contributed by atoms with E-state index in [1.165, 1.54) is 13.8 Å². The fraction of sp³-hybridized carbons (Fsp3) is 0.356. The van der Waals surface area contributed by atoms with Crippen LogP contribution in [-0.2, 0) is 75.3 Å². The topological polar surface area (TPSA) is 239 Å². The number of esters is 1. The van der Waals surface area contributed by atoms with Gasteiger partial charge in [0.25, 0.3) is 5.92 Å². The minimum absolute atomic E-state index is 0.136. The molecule has 2 aromatic carbocycles. The number of hydrogen-bond donors (Lipinski definition) is 2. The Morgan fingerprint density at radius 1 is 0.947 bits per heavy atom. The Hall–Kier alpha value is -7.26. The van der Waals surface area contributed by atoms with Crippen LogP contribution in [0.25, 0.3) is 22.0 Å². The number of aliphatic carboxylic acids is 1. The number of hydrogen-bond acceptors (Lipinski definition) is 13. The Balaban J connectivity index is 1.45. The summed E-state index contributed by atoms with van der Waals surface area (Å²) in [5.74, 6) is -9.55. The predicted molar refractivity (Wildman–Crippen MR) is 244 cm³/mol. The minimum Gasteiger partial charge on any atom is -0.478 e. The second-order valence-corrected chi connectivity index (χ2v) is 22.5. The molecule has 3 heterocycles. The standard InChI is InChI=1S/C45H36ClF10N7O11S2/c1-42(2,75(3,69)70)12-11-24-5-6-25(26-7-8-29(46)35-37(26)62(19-43(49,50)51)60-40(35)63(76(4,71)72)41(68)74-20-73-33(67)10-9-32(65)66)36(57-24)30(15-21-13-22(47)16-23(48)14-21)58-31(64)18-61-39-34(38(59-61)45(54,55)56)27-17-28(27)44(39,52)53/h5-10,13-14,16,27-28,30H,15,17-20H2,1-4H3,(H,58,64)(H,65,66)/b10-9+/t27-,28?,30-/m0/s1.